The van der Waals surface area contributed by atoms with Crippen LogP contribution in [0.3, 0.4) is 0 Å². The molecule has 0 atom stereocenters. The van der Waals surface area contributed by atoms with E-state index < -0.39 is 0 Å². The maximum absolute atomic E-state index is 6.81. The van der Waals surface area contributed by atoms with E-state index in [-0.39, 0.29) is 0 Å². The summed E-state index contributed by atoms with van der Waals surface area (Å²) >= 11 is 0. The van der Waals surface area contributed by atoms with Crippen molar-refractivity contribution in [2.75, 3.05) is 0 Å². The summed E-state index contributed by atoms with van der Waals surface area (Å²) < 4.78 is 6.81. The van der Waals surface area contributed by atoms with Crippen LogP contribution in [0.4, 0.5) is 0 Å². The van der Waals surface area contributed by atoms with Crippen LogP contribution in [0.15, 0.2) is 180 Å². The van der Waals surface area contributed by atoms with Crippen molar-refractivity contribution in [3.05, 3.63) is 181 Å². The number of aromatic nitrogens is 2. The molecule has 3 nitrogen and oxygen atoms in total. The van der Waals surface area contributed by atoms with Crippen molar-refractivity contribution in [1.29, 1.82) is 0 Å². The highest BCUT2D eigenvalue weighted by Crippen LogP contribution is 2.43. The Morgan fingerprint density at radius 2 is 0.963 bits per heavy atom. The van der Waals surface area contributed by atoms with Gasteiger partial charge in [-0.25, -0.2) is 9.97 Å². The highest BCUT2D eigenvalue weighted by Gasteiger charge is 2.22. The molecule has 2 heterocycles. The standard InChI is InChI=1S/C51H32N2O/c1-31-48(37-26-23-32-11-2-3-14-35(32)29-37)52-51(38-27-28-41-36(30-38)25-24-34-13-5-6-16-39(34)41)53-49(31)44-20-10-22-46-47(44)45-21-9-19-43(50(45)54-46)42-18-8-15-33-12-4-7-17-40(33)42/h2-30H,1H3. The number of nitrogens with zero attached hydrogens (tertiary/aromatic N) is 2. The van der Waals surface area contributed by atoms with Gasteiger partial charge in [-0.3, -0.25) is 0 Å². The van der Waals surface area contributed by atoms with Gasteiger partial charge in [0.05, 0.1) is 11.4 Å². The second-order valence-corrected chi connectivity index (χ2v) is 14.1. The molecule has 11 rings (SSSR count). The fourth-order valence-electron chi connectivity index (χ4n) is 8.40. The van der Waals surface area contributed by atoms with E-state index in [0.717, 1.165) is 72.1 Å². The van der Waals surface area contributed by atoms with Crippen LogP contribution in [0.5, 0.6) is 0 Å². The lowest BCUT2D eigenvalue weighted by atomic mass is 9.94. The van der Waals surface area contributed by atoms with Crippen molar-refractivity contribution in [2.45, 2.75) is 6.92 Å². The number of rotatable bonds is 4. The van der Waals surface area contributed by atoms with E-state index in [0.29, 0.717) is 5.82 Å². The first-order chi connectivity index (χ1) is 26.7. The molecule has 0 unspecified atom stereocenters. The third-order valence-electron chi connectivity index (χ3n) is 11.0. The predicted octanol–water partition coefficient (Wildman–Crippen LogP) is 14.0. The van der Waals surface area contributed by atoms with Gasteiger partial charge in [0.15, 0.2) is 5.82 Å². The third kappa shape index (κ3) is 4.76. The molecule has 2 aromatic heterocycles. The van der Waals surface area contributed by atoms with Gasteiger partial charge in [-0.2, -0.15) is 0 Å². The van der Waals surface area contributed by atoms with E-state index in [2.05, 4.69) is 183 Å². The number of hydrogen-bond donors (Lipinski definition) is 0. The van der Waals surface area contributed by atoms with E-state index in [4.69, 9.17) is 14.4 Å². The number of fused-ring (bicyclic) bond motifs is 8. The van der Waals surface area contributed by atoms with Crippen LogP contribution in [-0.2, 0) is 0 Å². The van der Waals surface area contributed by atoms with Gasteiger partial charge in [0.1, 0.15) is 11.2 Å². The average Bonchev–Trinajstić information content (AvgIpc) is 3.63. The Bertz CT molecular complexity index is 3290. The van der Waals surface area contributed by atoms with Gasteiger partial charge in [0.25, 0.3) is 0 Å². The zero-order valence-corrected chi connectivity index (χ0v) is 29.5. The van der Waals surface area contributed by atoms with E-state index >= 15 is 0 Å². The Balaban J connectivity index is 1.17. The molecule has 0 spiro atoms. The monoisotopic (exact) mass is 688 g/mol. The fraction of sp³-hybridized carbons (Fsp3) is 0.0196. The summed E-state index contributed by atoms with van der Waals surface area (Å²) in [5.41, 5.74) is 9.83. The van der Waals surface area contributed by atoms with E-state index in [1.54, 1.807) is 0 Å². The van der Waals surface area contributed by atoms with Gasteiger partial charge in [-0.15, -0.1) is 0 Å². The molecular formula is C51H32N2O. The summed E-state index contributed by atoms with van der Waals surface area (Å²) in [6.45, 7) is 2.15. The van der Waals surface area contributed by atoms with E-state index in [1.807, 2.05) is 0 Å². The Kier molecular flexibility index (Phi) is 6.77. The molecule has 0 N–H and O–H groups in total. The molecule has 54 heavy (non-hydrogen) atoms. The second kappa shape index (κ2) is 12.0. The first kappa shape index (κ1) is 30.5. The van der Waals surface area contributed by atoms with Crippen LogP contribution < -0.4 is 0 Å². The predicted molar refractivity (Wildman–Crippen MR) is 226 cm³/mol. The third-order valence-corrected chi connectivity index (χ3v) is 11.0. The molecule has 252 valence electrons. The lowest BCUT2D eigenvalue weighted by Gasteiger charge is -2.15. The maximum Gasteiger partial charge on any atom is 0.160 e. The summed E-state index contributed by atoms with van der Waals surface area (Å²) in [6, 6.07) is 62.5. The topological polar surface area (TPSA) is 38.9 Å². The second-order valence-electron chi connectivity index (χ2n) is 14.1. The molecule has 0 radical (unpaired) electrons. The van der Waals surface area contributed by atoms with Crippen LogP contribution in [0.2, 0.25) is 0 Å². The number of para-hydroxylation sites is 1. The molecular weight excluding hydrogens is 657 g/mol. The summed E-state index contributed by atoms with van der Waals surface area (Å²) in [5.74, 6) is 0.690. The van der Waals surface area contributed by atoms with Crippen LogP contribution in [0.1, 0.15) is 5.56 Å². The number of benzene rings is 9. The number of furan rings is 1. The van der Waals surface area contributed by atoms with Crippen molar-refractivity contribution in [3.8, 4) is 45.0 Å². The highest BCUT2D eigenvalue weighted by atomic mass is 16.3. The Hall–Kier alpha value is -7.10. The molecule has 0 aliphatic carbocycles. The van der Waals surface area contributed by atoms with E-state index in [1.165, 1.54) is 37.7 Å². The van der Waals surface area contributed by atoms with Crippen LogP contribution in [-0.4, -0.2) is 9.97 Å². The zero-order valence-electron chi connectivity index (χ0n) is 29.5. The Labute approximate surface area is 311 Å². The molecule has 3 heteroatoms. The molecule has 9 aromatic carbocycles. The molecule has 11 aromatic rings. The van der Waals surface area contributed by atoms with Gasteiger partial charge < -0.3 is 4.42 Å². The van der Waals surface area contributed by atoms with Crippen molar-refractivity contribution in [2.24, 2.45) is 0 Å². The van der Waals surface area contributed by atoms with E-state index in [9.17, 15) is 0 Å². The Morgan fingerprint density at radius 1 is 0.389 bits per heavy atom. The van der Waals surface area contributed by atoms with Crippen molar-refractivity contribution >= 4 is 65.0 Å². The smallest absolute Gasteiger partial charge is 0.160 e. The minimum absolute atomic E-state index is 0.690. The fourth-order valence-corrected chi connectivity index (χ4v) is 8.40. The molecule has 0 aliphatic rings. The normalized spacial score (nSPS) is 11.8. The van der Waals surface area contributed by atoms with Gasteiger partial charge in [-0.1, -0.05) is 158 Å². The quantitative estimate of drug-likeness (QED) is 0.173. The summed E-state index contributed by atoms with van der Waals surface area (Å²) in [4.78, 5) is 10.8. The number of hydrogen-bond acceptors (Lipinski definition) is 3. The van der Waals surface area contributed by atoms with Gasteiger partial charge in [0, 0.05) is 38.6 Å². The summed E-state index contributed by atoms with van der Waals surface area (Å²) in [6.07, 6.45) is 0. The van der Waals surface area contributed by atoms with Crippen molar-refractivity contribution < 1.29 is 4.42 Å². The lowest BCUT2D eigenvalue weighted by molar-refractivity contribution is 0.670. The minimum atomic E-state index is 0.690. The molecule has 0 bridgehead atoms. The zero-order chi connectivity index (χ0) is 35.8. The largest absolute Gasteiger partial charge is 0.455 e. The van der Waals surface area contributed by atoms with Crippen molar-refractivity contribution in [3.63, 3.8) is 0 Å². The maximum atomic E-state index is 6.81. The Morgan fingerprint density at radius 3 is 1.85 bits per heavy atom. The van der Waals surface area contributed by atoms with Crippen LogP contribution in [0.25, 0.3) is 110 Å². The molecule has 0 saturated carbocycles. The summed E-state index contributed by atoms with van der Waals surface area (Å²) in [7, 11) is 0. The molecule has 0 amide bonds. The van der Waals surface area contributed by atoms with Gasteiger partial charge in [-0.05, 0) is 73.8 Å². The summed E-state index contributed by atoms with van der Waals surface area (Å²) in [5, 5.41) is 11.8. The van der Waals surface area contributed by atoms with Crippen LogP contribution >= 0.6 is 0 Å². The first-order valence-corrected chi connectivity index (χ1v) is 18.4. The highest BCUT2D eigenvalue weighted by molar-refractivity contribution is 6.17. The molecule has 0 fully saturated rings. The SMILES string of the molecule is Cc1c(-c2ccc3ccccc3c2)nc(-c2ccc3c(ccc4ccccc43)c2)nc1-c1cccc2oc3c(-c4cccc5ccccc45)cccc3c12. The van der Waals surface area contributed by atoms with Crippen LogP contribution in [0, 0.1) is 6.92 Å². The average molecular weight is 689 g/mol. The molecule has 0 aliphatic heterocycles. The lowest BCUT2D eigenvalue weighted by Crippen LogP contribution is -2.00. The van der Waals surface area contributed by atoms with Gasteiger partial charge in [0.2, 0.25) is 0 Å². The minimum Gasteiger partial charge on any atom is -0.455 e. The van der Waals surface area contributed by atoms with Gasteiger partial charge >= 0.3 is 0 Å². The van der Waals surface area contributed by atoms with Crippen molar-refractivity contribution in [1.82, 2.24) is 9.97 Å². The molecule has 0 saturated heterocycles. The first-order valence-electron chi connectivity index (χ1n) is 18.4.